The van der Waals surface area contributed by atoms with E-state index in [1.807, 2.05) is 19.1 Å². The van der Waals surface area contributed by atoms with E-state index in [1.165, 1.54) is 0 Å². The fourth-order valence-electron chi connectivity index (χ4n) is 2.16. The van der Waals surface area contributed by atoms with Crippen molar-refractivity contribution >= 4 is 34.2 Å². The van der Waals surface area contributed by atoms with E-state index in [1.54, 1.807) is 36.0 Å². The lowest BCUT2D eigenvalue weighted by atomic mass is 10.1. The molecule has 0 spiro atoms. The average Bonchev–Trinajstić information content (AvgIpc) is 2.76. The van der Waals surface area contributed by atoms with Crippen molar-refractivity contribution in [1.82, 2.24) is 14.8 Å². The van der Waals surface area contributed by atoms with Crippen LogP contribution >= 0.6 is 11.6 Å². The molecule has 0 aliphatic carbocycles. The summed E-state index contributed by atoms with van der Waals surface area (Å²) in [4.78, 5) is 16.5. The Morgan fingerprint density at radius 3 is 2.76 bits per heavy atom. The lowest BCUT2D eigenvalue weighted by Crippen LogP contribution is -2.14. The van der Waals surface area contributed by atoms with Gasteiger partial charge in [-0.05, 0) is 37.3 Å². The van der Waals surface area contributed by atoms with E-state index < -0.39 is 0 Å². The van der Waals surface area contributed by atoms with E-state index in [2.05, 4.69) is 15.4 Å². The number of nitrogens with zero attached hydrogens (tertiary/aromatic N) is 3. The molecular formula is C15H13ClN4O. The first kappa shape index (κ1) is 13.6. The minimum absolute atomic E-state index is 0.185. The second kappa shape index (κ2) is 5.18. The second-order valence-corrected chi connectivity index (χ2v) is 5.18. The third kappa shape index (κ3) is 2.73. The molecule has 0 bridgehead atoms. The summed E-state index contributed by atoms with van der Waals surface area (Å²) in [6, 6.07) is 10.7. The van der Waals surface area contributed by atoms with Crippen molar-refractivity contribution in [3.63, 3.8) is 0 Å². The summed E-state index contributed by atoms with van der Waals surface area (Å²) in [5.41, 5.74) is 2.17. The Kier molecular flexibility index (Phi) is 3.35. The number of anilines is 1. The van der Waals surface area contributed by atoms with Gasteiger partial charge in [-0.15, -0.1) is 0 Å². The number of pyridine rings is 1. The maximum Gasteiger partial charge on any atom is 0.256 e. The van der Waals surface area contributed by atoms with Gasteiger partial charge in [-0.2, -0.15) is 5.10 Å². The SMILES string of the molecule is Cc1cc(NC(=O)c2ccc3nc(Cl)ccc3c2)n(C)n1. The van der Waals surface area contributed by atoms with Gasteiger partial charge in [0.15, 0.2) is 0 Å². The number of carbonyl (C=O) groups is 1. The highest BCUT2D eigenvalue weighted by molar-refractivity contribution is 6.29. The van der Waals surface area contributed by atoms with Crippen LogP contribution in [0.2, 0.25) is 5.15 Å². The predicted molar refractivity (Wildman–Crippen MR) is 82.7 cm³/mol. The molecule has 0 unspecified atom stereocenters. The van der Waals surface area contributed by atoms with E-state index in [0.29, 0.717) is 16.5 Å². The summed E-state index contributed by atoms with van der Waals surface area (Å²) >= 11 is 5.85. The highest BCUT2D eigenvalue weighted by Gasteiger charge is 2.10. The van der Waals surface area contributed by atoms with Crippen LogP contribution in [0.5, 0.6) is 0 Å². The highest BCUT2D eigenvalue weighted by Crippen LogP contribution is 2.18. The Morgan fingerprint density at radius 1 is 1.24 bits per heavy atom. The zero-order chi connectivity index (χ0) is 15.0. The molecule has 1 aromatic carbocycles. The molecule has 21 heavy (non-hydrogen) atoms. The molecule has 0 aliphatic rings. The Morgan fingerprint density at radius 2 is 2.05 bits per heavy atom. The first-order chi connectivity index (χ1) is 10.0. The second-order valence-electron chi connectivity index (χ2n) is 4.79. The molecule has 0 atom stereocenters. The number of hydrogen-bond donors (Lipinski definition) is 1. The summed E-state index contributed by atoms with van der Waals surface area (Å²) < 4.78 is 1.63. The maximum absolute atomic E-state index is 12.3. The lowest BCUT2D eigenvalue weighted by molar-refractivity contribution is 0.102. The molecular weight excluding hydrogens is 288 g/mol. The summed E-state index contributed by atoms with van der Waals surface area (Å²) in [5, 5.41) is 8.34. The fourth-order valence-corrected chi connectivity index (χ4v) is 2.31. The number of halogens is 1. The van der Waals surface area contributed by atoms with E-state index in [4.69, 9.17) is 11.6 Å². The first-order valence-corrected chi connectivity index (χ1v) is 6.79. The Bertz CT molecular complexity index is 841. The van der Waals surface area contributed by atoms with Crippen molar-refractivity contribution in [3.8, 4) is 0 Å². The third-order valence-electron chi connectivity index (χ3n) is 3.16. The first-order valence-electron chi connectivity index (χ1n) is 6.41. The number of fused-ring (bicyclic) bond motifs is 1. The summed E-state index contributed by atoms with van der Waals surface area (Å²) in [6.07, 6.45) is 0. The quantitative estimate of drug-likeness (QED) is 0.739. The number of nitrogens with one attached hydrogen (secondary N) is 1. The molecule has 1 amide bonds. The van der Waals surface area contributed by atoms with Crippen LogP contribution in [0.3, 0.4) is 0 Å². The standard InChI is InChI=1S/C15H13ClN4O/c1-9-7-14(20(2)19-9)18-15(21)11-3-5-12-10(8-11)4-6-13(16)17-12/h3-8H,1-2H3,(H,18,21). The zero-order valence-corrected chi connectivity index (χ0v) is 12.3. The molecule has 0 radical (unpaired) electrons. The van der Waals surface area contributed by atoms with Gasteiger partial charge in [0.2, 0.25) is 0 Å². The van der Waals surface area contributed by atoms with Crippen LogP contribution in [0, 0.1) is 6.92 Å². The van der Waals surface area contributed by atoms with Crippen LogP contribution in [-0.4, -0.2) is 20.7 Å². The van der Waals surface area contributed by atoms with Crippen molar-refractivity contribution in [3.05, 3.63) is 52.8 Å². The molecule has 0 saturated heterocycles. The van der Waals surface area contributed by atoms with Crippen molar-refractivity contribution < 1.29 is 4.79 Å². The number of rotatable bonds is 2. The van der Waals surface area contributed by atoms with Gasteiger partial charge in [-0.25, -0.2) is 4.98 Å². The van der Waals surface area contributed by atoms with Crippen molar-refractivity contribution in [2.24, 2.45) is 7.05 Å². The molecule has 2 heterocycles. The predicted octanol–water partition coefficient (Wildman–Crippen LogP) is 3.18. The van der Waals surface area contributed by atoms with E-state index in [9.17, 15) is 4.79 Å². The van der Waals surface area contributed by atoms with Gasteiger partial charge >= 0.3 is 0 Å². The fraction of sp³-hybridized carbons (Fsp3) is 0.133. The van der Waals surface area contributed by atoms with Crippen molar-refractivity contribution in [1.29, 1.82) is 0 Å². The molecule has 2 aromatic heterocycles. The minimum Gasteiger partial charge on any atom is -0.307 e. The summed E-state index contributed by atoms with van der Waals surface area (Å²) in [7, 11) is 1.79. The van der Waals surface area contributed by atoms with E-state index >= 15 is 0 Å². The van der Waals surface area contributed by atoms with Crippen molar-refractivity contribution in [2.45, 2.75) is 6.92 Å². The highest BCUT2D eigenvalue weighted by atomic mass is 35.5. The van der Waals surface area contributed by atoms with Gasteiger partial charge in [0, 0.05) is 24.1 Å². The molecule has 0 saturated carbocycles. The smallest absolute Gasteiger partial charge is 0.256 e. The van der Waals surface area contributed by atoms with E-state index in [-0.39, 0.29) is 5.91 Å². The van der Waals surface area contributed by atoms with E-state index in [0.717, 1.165) is 16.6 Å². The minimum atomic E-state index is -0.185. The molecule has 3 aromatic rings. The summed E-state index contributed by atoms with van der Waals surface area (Å²) in [6.45, 7) is 1.88. The van der Waals surface area contributed by atoms with Gasteiger partial charge in [-0.1, -0.05) is 11.6 Å². The lowest BCUT2D eigenvalue weighted by Gasteiger charge is -2.06. The molecule has 5 nitrogen and oxygen atoms in total. The molecule has 0 aliphatic heterocycles. The Hall–Kier alpha value is -2.40. The number of carbonyl (C=O) groups excluding carboxylic acids is 1. The molecule has 1 N–H and O–H groups in total. The normalized spacial score (nSPS) is 10.8. The molecule has 3 rings (SSSR count). The van der Waals surface area contributed by atoms with Gasteiger partial charge in [0.05, 0.1) is 11.2 Å². The van der Waals surface area contributed by atoms with Crippen LogP contribution < -0.4 is 5.32 Å². The average molecular weight is 301 g/mol. The van der Waals surface area contributed by atoms with Crippen LogP contribution in [0.1, 0.15) is 16.1 Å². The monoisotopic (exact) mass is 300 g/mol. The third-order valence-corrected chi connectivity index (χ3v) is 3.37. The Labute approximate surface area is 126 Å². The molecule has 106 valence electrons. The van der Waals surface area contributed by atoms with Crippen LogP contribution in [0.4, 0.5) is 5.82 Å². The molecule has 6 heteroatoms. The van der Waals surface area contributed by atoms with Crippen LogP contribution in [-0.2, 0) is 7.05 Å². The summed E-state index contributed by atoms with van der Waals surface area (Å²) in [5.74, 6) is 0.474. The van der Waals surface area contributed by atoms with Gasteiger partial charge < -0.3 is 5.32 Å². The number of hydrogen-bond acceptors (Lipinski definition) is 3. The number of aromatic nitrogens is 3. The molecule has 0 fully saturated rings. The Balaban J connectivity index is 1.91. The van der Waals surface area contributed by atoms with Crippen molar-refractivity contribution in [2.75, 3.05) is 5.32 Å². The number of amides is 1. The zero-order valence-electron chi connectivity index (χ0n) is 11.6. The van der Waals surface area contributed by atoms with Crippen LogP contribution in [0.25, 0.3) is 10.9 Å². The number of benzene rings is 1. The topological polar surface area (TPSA) is 59.8 Å². The van der Waals surface area contributed by atoms with Gasteiger partial charge in [-0.3, -0.25) is 9.48 Å². The maximum atomic E-state index is 12.3. The number of aryl methyl sites for hydroxylation is 2. The van der Waals surface area contributed by atoms with Gasteiger partial charge in [0.1, 0.15) is 11.0 Å². The van der Waals surface area contributed by atoms with Gasteiger partial charge in [0.25, 0.3) is 5.91 Å². The van der Waals surface area contributed by atoms with Crippen LogP contribution in [0.15, 0.2) is 36.4 Å². The largest absolute Gasteiger partial charge is 0.307 e.